The molecule has 0 bridgehead atoms. The van der Waals surface area contributed by atoms with E-state index in [4.69, 9.17) is 0 Å². The van der Waals surface area contributed by atoms with Gasteiger partial charge < -0.3 is 10.2 Å². The van der Waals surface area contributed by atoms with Crippen LogP contribution in [-0.2, 0) is 4.79 Å². The average molecular weight is 335 g/mol. The van der Waals surface area contributed by atoms with Crippen molar-refractivity contribution in [1.29, 1.82) is 0 Å². The van der Waals surface area contributed by atoms with Gasteiger partial charge in [0.15, 0.2) is 0 Å². The first-order valence-corrected chi connectivity index (χ1v) is 8.35. The number of nitrogens with one attached hydrogen (secondary N) is 1. The largest absolute Gasteiger partial charge is 0.371 e. The fourth-order valence-electron chi connectivity index (χ4n) is 3.33. The molecule has 0 radical (unpaired) electrons. The SMILES string of the molecule is O=C(Nc1cccc2cnccc12)[C@@H]1CCN(c2ccc(F)cc2)C1. The van der Waals surface area contributed by atoms with Gasteiger partial charge in [0.05, 0.1) is 5.92 Å². The summed E-state index contributed by atoms with van der Waals surface area (Å²) < 4.78 is 13.1. The van der Waals surface area contributed by atoms with Crippen LogP contribution >= 0.6 is 0 Å². The molecule has 1 aromatic heterocycles. The van der Waals surface area contributed by atoms with Crippen molar-refractivity contribution in [3.05, 3.63) is 66.7 Å². The first kappa shape index (κ1) is 15.6. The number of fused-ring (bicyclic) bond motifs is 1. The molecule has 1 fully saturated rings. The van der Waals surface area contributed by atoms with E-state index in [9.17, 15) is 9.18 Å². The molecule has 1 amide bonds. The Morgan fingerprint density at radius 1 is 1.16 bits per heavy atom. The van der Waals surface area contributed by atoms with Crippen molar-refractivity contribution in [3.63, 3.8) is 0 Å². The second-order valence-electron chi connectivity index (χ2n) is 6.30. The fourth-order valence-corrected chi connectivity index (χ4v) is 3.33. The van der Waals surface area contributed by atoms with Crippen molar-refractivity contribution < 1.29 is 9.18 Å². The third-order valence-corrected chi connectivity index (χ3v) is 4.69. The molecule has 1 saturated heterocycles. The van der Waals surface area contributed by atoms with Crippen molar-refractivity contribution in [2.45, 2.75) is 6.42 Å². The first-order chi connectivity index (χ1) is 12.2. The van der Waals surface area contributed by atoms with E-state index in [1.54, 1.807) is 24.5 Å². The van der Waals surface area contributed by atoms with Crippen molar-refractivity contribution in [2.24, 2.45) is 5.92 Å². The number of benzene rings is 2. The van der Waals surface area contributed by atoms with Crippen LogP contribution in [0.3, 0.4) is 0 Å². The van der Waals surface area contributed by atoms with Crippen LogP contribution in [0, 0.1) is 11.7 Å². The fraction of sp³-hybridized carbons (Fsp3) is 0.200. The van der Waals surface area contributed by atoms with Crippen LogP contribution in [0.4, 0.5) is 15.8 Å². The Morgan fingerprint density at radius 2 is 2.00 bits per heavy atom. The average Bonchev–Trinajstić information content (AvgIpc) is 3.13. The minimum Gasteiger partial charge on any atom is -0.371 e. The van der Waals surface area contributed by atoms with Crippen molar-refractivity contribution >= 4 is 28.1 Å². The zero-order valence-corrected chi connectivity index (χ0v) is 13.7. The van der Waals surface area contributed by atoms with Crippen LogP contribution in [0.25, 0.3) is 10.8 Å². The lowest BCUT2D eigenvalue weighted by Gasteiger charge is -2.18. The summed E-state index contributed by atoms with van der Waals surface area (Å²) in [5.41, 5.74) is 1.76. The normalized spacial score (nSPS) is 17.0. The molecule has 0 unspecified atom stereocenters. The van der Waals surface area contributed by atoms with Crippen LogP contribution < -0.4 is 10.2 Å². The topological polar surface area (TPSA) is 45.2 Å². The third kappa shape index (κ3) is 3.18. The smallest absolute Gasteiger partial charge is 0.229 e. The molecule has 4 rings (SSSR count). The van der Waals surface area contributed by atoms with E-state index in [2.05, 4.69) is 15.2 Å². The van der Waals surface area contributed by atoms with Gasteiger partial charge in [-0.15, -0.1) is 0 Å². The maximum Gasteiger partial charge on any atom is 0.229 e. The van der Waals surface area contributed by atoms with E-state index in [0.29, 0.717) is 6.54 Å². The Morgan fingerprint density at radius 3 is 2.84 bits per heavy atom. The minimum absolute atomic E-state index is 0.0222. The summed E-state index contributed by atoms with van der Waals surface area (Å²) in [5.74, 6) is -0.307. The van der Waals surface area contributed by atoms with Crippen LogP contribution in [0.15, 0.2) is 60.9 Å². The summed E-state index contributed by atoms with van der Waals surface area (Å²) in [6, 6.07) is 14.1. The Labute approximate surface area is 145 Å². The number of rotatable bonds is 3. The van der Waals surface area contributed by atoms with Gasteiger partial charge in [0.25, 0.3) is 0 Å². The molecule has 4 nitrogen and oxygen atoms in total. The third-order valence-electron chi connectivity index (χ3n) is 4.69. The van der Waals surface area contributed by atoms with Gasteiger partial charge >= 0.3 is 0 Å². The molecule has 0 spiro atoms. The van der Waals surface area contributed by atoms with E-state index in [-0.39, 0.29) is 17.6 Å². The molecule has 5 heteroatoms. The molecule has 1 atom stereocenters. The maximum atomic E-state index is 13.1. The number of pyridine rings is 1. The summed E-state index contributed by atoms with van der Waals surface area (Å²) in [6.45, 7) is 1.44. The number of halogens is 1. The van der Waals surface area contributed by atoms with Gasteiger partial charge in [0.1, 0.15) is 5.82 Å². The number of anilines is 2. The lowest BCUT2D eigenvalue weighted by Crippen LogP contribution is -2.27. The van der Waals surface area contributed by atoms with Gasteiger partial charge in [0, 0.05) is 47.6 Å². The molecule has 25 heavy (non-hydrogen) atoms. The molecule has 1 aliphatic heterocycles. The second kappa shape index (κ2) is 6.51. The standard InChI is InChI=1S/C20H18FN3O/c21-16-4-6-17(7-5-16)24-11-9-15(13-24)20(25)23-19-3-1-2-14-12-22-10-8-18(14)19/h1-8,10,12,15H,9,11,13H2,(H,23,25)/t15-/m1/s1. The number of carbonyl (C=O) groups is 1. The molecule has 1 aliphatic rings. The van der Waals surface area contributed by atoms with Crippen LogP contribution in [0.2, 0.25) is 0 Å². The molecule has 0 saturated carbocycles. The van der Waals surface area contributed by atoms with Crippen LogP contribution in [0.5, 0.6) is 0 Å². The molecular formula is C20H18FN3O. The molecule has 1 N–H and O–H groups in total. The van der Waals surface area contributed by atoms with Crippen molar-refractivity contribution in [1.82, 2.24) is 4.98 Å². The highest BCUT2D eigenvalue weighted by Gasteiger charge is 2.28. The minimum atomic E-state index is -0.248. The predicted molar refractivity (Wildman–Crippen MR) is 97.1 cm³/mol. The first-order valence-electron chi connectivity index (χ1n) is 8.35. The van der Waals surface area contributed by atoms with Crippen molar-refractivity contribution in [3.8, 4) is 0 Å². The Balaban J connectivity index is 1.47. The highest BCUT2D eigenvalue weighted by atomic mass is 19.1. The monoisotopic (exact) mass is 335 g/mol. The molecule has 0 aliphatic carbocycles. The number of carbonyl (C=O) groups excluding carboxylic acids is 1. The van der Waals surface area contributed by atoms with Crippen LogP contribution in [0.1, 0.15) is 6.42 Å². The molecular weight excluding hydrogens is 317 g/mol. The summed E-state index contributed by atoms with van der Waals surface area (Å²) >= 11 is 0. The van der Waals surface area contributed by atoms with E-state index in [0.717, 1.165) is 35.1 Å². The van der Waals surface area contributed by atoms with Gasteiger partial charge in [-0.2, -0.15) is 0 Å². The maximum absolute atomic E-state index is 13.1. The number of hydrogen-bond donors (Lipinski definition) is 1. The summed E-state index contributed by atoms with van der Waals surface area (Å²) in [5, 5.41) is 5.04. The summed E-state index contributed by atoms with van der Waals surface area (Å²) in [4.78, 5) is 18.9. The zero-order valence-electron chi connectivity index (χ0n) is 13.7. The number of nitrogens with zero attached hydrogens (tertiary/aromatic N) is 2. The Hall–Kier alpha value is -2.95. The van der Waals surface area contributed by atoms with Crippen LogP contribution in [-0.4, -0.2) is 24.0 Å². The number of aromatic nitrogens is 1. The predicted octanol–water partition coefficient (Wildman–Crippen LogP) is 3.84. The van der Waals surface area contributed by atoms with Gasteiger partial charge in [-0.3, -0.25) is 9.78 Å². The lowest BCUT2D eigenvalue weighted by molar-refractivity contribution is -0.119. The summed E-state index contributed by atoms with van der Waals surface area (Å²) in [6.07, 6.45) is 4.30. The van der Waals surface area contributed by atoms with E-state index in [1.165, 1.54) is 12.1 Å². The molecule has 3 aromatic rings. The molecule has 126 valence electrons. The molecule has 2 heterocycles. The zero-order chi connectivity index (χ0) is 17.2. The quantitative estimate of drug-likeness (QED) is 0.791. The second-order valence-corrected chi connectivity index (χ2v) is 6.30. The molecule has 2 aromatic carbocycles. The van der Waals surface area contributed by atoms with E-state index < -0.39 is 0 Å². The summed E-state index contributed by atoms with van der Waals surface area (Å²) in [7, 11) is 0. The van der Waals surface area contributed by atoms with Gasteiger partial charge in [-0.25, -0.2) is 4.39 Å². The highest BCUT2D eigenvalue weighted by Crippen LogP contribution is 2.27. The van der Waals surface area contributed by atoms with Gasteiger partial charge in [0.2, 0.25) is 5.91 Å². The number of amides is 1. The highest BCUT2D eigenvalue weighted by molar-refractivity contribution is 6.02. The van der Waals surface area contributed by atoms with E-state index >= 15 is 0 Å². The van der Waals surface area contributed by atoms with Gasteiger partial charge in [-0.1, -0.05) is 12.1 Å². The lowest BCUT2D eigenvalue weighted by atomic mass is 10.1. The van der Waals surface area contributed by atoms with E-state index in [1.807, 2.05) is 24.3 Å². The Bertz CT molecular complexity index is 905. The van der Waals surface area contributed by atoms with Crippen molar-refractivity contribution in [2.75, 3.05) is 23.3 Å². The Kier molecular flexibility index (Phi) is 4.06. The van der Waals surface area contributed by atoms with Gasteiger partial charge in [-0.05, 0) is 42.8 Å². The number of hydrogen-bond acceptors (Lipinski definition) is 3.